The summed E-state index contributed by atoms with van der Waals surface area (Å²) in [5.41, 5.74) is 7.30. The van der Waals surface area contributed by atoms with Crippen LogP contribution in [0.5, 0.6) is 0 Å². The SMILES string of the molecule is CCc1ccc(CNC(=O)CN2C[C@@H](CN)[C@H](c3ccccc3)C2)s1.Cl. The largest absolute Gasteiger partial charge is 0.350 e. The van der Waals surface area contributed by atoms with Crippen molar-refractivity contribution >= 4 is 29.7 Å². The zero-order chi connectivity index (χ0) is 17.6. The van der Waals surface area contributed by atoms with Crippen LogP contribution < -0.4 is 11.1 Å². The van der Waals surface area contributed by atoms with Crippen molar-refractivity contribution in [1.29, 1.82) is 0 Å². The lowest BCUT2D eigenvalue weighted by Gasteiger charge is -2.16. The summed E-state index contributed by atoms with van der Waals surface area (Å²) < 4.78 is 0. The number of amides is 1. The second kappa shape index (κ2) is 10.1. The number of carbonyl (C=O) groups excluding carboxylic acids is 1. The third kappa shape index (κ3) is 5.30. The Labute approximate surface area is 166 Å². The van der Waals surface area contributed by atoms with Crippen molar-refractivity contribution in [3.63, 3.8) is 0 Å². The maximum atomic E-state index is 12.3. The van der Waals surface area contributed by atoms with Crippen molar-refractivity contribution in [3.8, 4) is 0 Å². The number of likely N-dealkylation sites (tertiary alicyclic amines) is 1. The minimum atomic E-state index is 0. The van der Waals surface area contributed by atoms with Crippen molar-refractivity contribution in [2.24, 2.45) is 11.7 Å². The first kappa shape index (κ1) is 20.9. The molecule has 0 saturated carbocycles. The predicted octanol–water partition coefficient (Wildman–Crippen LogP) is 3.02. The van der Waals surface area contributed by atoms with Crippen LogP contribution in [-0.4, -0.2) is 37.0 Å². The summed E-state index contributed by atoms with van der Waals surface area (Å²) in [5.74, 6) is 0.930. The number of nitrogens with two attached hydrogens (primary N) is 1. The second-order valence-corrected chi connectivity index (χ2v) is 7.96. The van der Waals surface area contributed by atoms with Crippen LogP contribution in [0.4, 0.5) is 0 Å². The van der Waals surface area contributed by atoms with E-state index in [4.69, 9.17) is 5.73 Å². The molecule has 2 heterocycles. The number of hydrogen-bond donors (Lipinski definition) is 2. The highest BCUT2D eigenvalue weighted by atomic mass is 35.5. The zero-order valence-corrected chi connectivity index (χ0v) is 16.8. The molecule has 3 rings (SSSR count). The molecule has 1 saturated heterocycles. The molecule has 1 aliphatic rings. The van der Waals surface area contributed by atoms with Crippen LogP contribution in [0.15, 0.2) is 42.5 Å². The van der Waals surface area contributed by atoms with Crippen molar-refractivity contribution in [2.75, 3.05) is 26.2 Å². The first-order valence-corrected chi connectivity index (χ1v) is 9.83. The van der Waals surface area contributed by atoms with Gasteiger partial charge >= 0.3 is 0 Å². The number of hydrogen-bond acceptors (Lipinski definition) is 4. The molecule has 0 aliphatic carbocycles. The first-order chi connectivity index (χ1) is 12.2. The monoisotopic (exact) mass is 393 g/mol. The second-order valence-electron chi connectivity index (χ2n) is 6.71. The van der Waals surface area contributed by atoms with Gasteiger partial charge in [-0.3, -0.25) is 9.69 Å². The van der Waals surface area contributed by atoms with Gasteiger partial charge in [0.1, 0.15) is 0 Å². The average Bonchev–Trinajstić information content (AvgIpc) is 3.27. The number of aryl methyl sites for hydroxylation is 1. The number of halogens is 1. The summed E-state index contributed by atoms with van der Waals surface area (Å²) in [6, 6.07) is 14.8. The van der Waals surface area contributed by atoms with Crippen LogP contribution in [0.2, 0.25) is 0 Å². The van der Waals surface area contributed by atoms with Gasteiger partial charge in [-0.25, -0.2) is 0 Å². The lowest BCUT2D eigenvalue weighted by molar-refractivity contribution is -0.122. The molecule has 1 aliphatic heterocycles. The van der Waals surface area contributed by atoms with E-state index in [-0.39, 0.29) is 18.3 Å². The molecule has 3 N–H and O–H groups in total. The molecule has 26 heavy (non-hydrogen) atoms. The van der Waals surface area contributed by atoms with E-state index >= 15 is 0 Å². The molecular formula is C20H28ClN3OS. The third-order valence-corrected chi connectivity index (χ3v) is 6.17. The Balaban J connectivity index is 0.00000243. The fourth-order valence-corrected chi connectivity index (χ4v) is 4.46. The van der Waals surface area contributed by atoms with E-state index in [0.29, 0.717) is 31.5 Å². The summed E-state index contributed by atoms with van der Waals surface area (Å²) in [6.07, 6.45) is 1.05. The fourth-order valence-electron chi connectivity index (χ4n) is 3.56. The van der Waals surface area contributed by atoms with Crippen LogP contribution in [0.1, 0.15) is 28.2 Å². The number of nitrogens with one attached hydrogen (secondary N) is 1. The van der Waals surface area contributed by atoms with E-state index in [9.17, 15) is 4.79 Å². The number of benzene rings is 1. The molecule has 142 valence electrons. The quantitative estimate of drug-likeness (QED) is 0.760. The van der Waals surface area contributed by atoms with Crippen molar-refractivity contribution in [3.05, 3.63) is 57.8 Å². The van der Waals surface area contributed by atoms with Crippen LogP contribution in [0.3, 0.4) is 0 Å². The van der Waals surface area contributed by atoms with Gasteiger partial charge in [0.15, 0.2) is 0 Å². The fraction of sp³-hybridized carbons (Fsp3) is 0.450. The molecule has 6 heteroatoms. The van der Waals surface area contributed by atoms with Crippen molar-refractivity contribution in [2.45, 2.75) is 25.8 Å². The van der Waals surface area contributed by atoms with Gasteiger partial charge in [0.2, 0.25) is 5.91 Å². The van der Waals surface area contributed by atoms with Gasteiger partial charge in [0.05, 0.1) is 13.1 Å². The maximum absolute atomic E-state index is 12.3. The highest BCUT2D eigenvalue weighted by Gasteiger charge is 2.33. The van der Waals surface area contributed by atoms with Gasteiger partial charge in [-0.05, 0) is 36.6 Å². The normalized spacial score (nSPS) is 19.9. The van der Waals surface area contributed by atoms with E-state index in [0.717, 1.165) is 19.5 Å². The molecule has 1 aromatic heterocycles. The minimum absolute atomic E-state index is 0. The molecule has 1 aromatic carbocycles. The van der Waals surface area contributed by atoms with E-state index in [2.05, 4.69) is 53.5 Å². The Bertz CT molecular complexity index is 691. The van der Waals surface area contributed by atoms with Crippen LogP contribution >= 0.6 is 23.7 Å². The van der Waals surface area contributed by atoms with Crippen LogP contribution in [0.25, 0.3) is 0 Å². The molecule has 1 amide bonds. The van der Waals surface area contributed by atoms with E-state index in [1.54, 1.807) is 11.3 Å². The van der Waals surface area contributed by atoms with Crippen molar-refractivity contribution in [1.82, 2.24) is 10.2 Å². The van der Waals surface area contributed by atoms with E-state index < -0.39 is 0 Å². The summed E-state index contributed by atoms with van der Waals surface area (Å²) in [4.78, 5) is 17.1. The molecule has 2 atom stereocenters. The summed E-state index contributed by atoms with van der Waals surface area (Å²) in [6.45, 7) is 5.68. The number of thiophene rings is 1. The number of carbonyl (C=O) groups is 1. The Morgan fingerprint density at radius 1 is 1.19 bits per heavy atom. The Morgan fingerprint density at radius 2 is 1.92 bits per heavy atom. The van der Waals surface area contributed by atoms with Crippen molar-refractivity contribution < 1.29 is 4.79 Å². The average molecular weight is 394 g/mol. The molecule has 0 bridgehead atoms. The van der Waals surface area contributed by atoms with Gasteiger partial charge in [-0.1, -0.05) is 37.3 Å². The van der Waals surface area contributed by atoms with Gasteiger partial charge in [-0.15, -0.1) is 23.7 Å². The highest BCUT2D eigenvalue weighted by molar-refractivity contribution is 7.11. The Morgan fingerprint density at radius 3 is 2.58 bits per heavy atom. The van der Waals surface area contributed by atoms with Gasteiger partial charge < -0.3 is 11.1 Å². The number of nitrogens with zero attached hydrogens (tertiary/aromatic N) is 1. The van der Waals surface area contributed by atoms with E-state index in [1.807, 2.05) is 6.07 Å². The summed E-state index contributed by atoms with van der Waals surface area (Å²) in [5, 5.41) is 3.05. The highest BCUT2D eigenvalue weighted by Crippen LogP contribution is 2.31. The van der Waals surface area contributed by atoms with Crippen LogP contribution in [-0.2, 0) is 17.8 Å². The number of rotatable bonds is 7. The maximum Gasteiger partial charge on any atom is 0.234 e. The molecule has 0 unspecified atom stereocenters. The Hall–Kier alpha value is -1.40. The smallest absolute Gasteiger partial charge is 0.234 e. The van der Waals surface area contributed by atoms with Gasteiger partial charge in [-0.2, -0.15) is 0 Å². The van der Waals surface area contributed by atoms with Gasteiger partial charge in [0, 0.05) is 28.8 Å². The third-order valence-electron chi connectivity index (χ3n) is 4.94. The summed E-state index contributed by atoms with van der Waals surface area (Å²) >= 11 is 1.77. The Kier molecular flexibility index (Phi) is 8.10. The van der Waals surface area contributed by atoms with Crippen LogP contribution in [0, 0.1) is 5.92 Å². The first-order valence-electron chi connectivity index (χ1n) is 9.01. The molecule has 4 nitrogen and oxygen atoms in total. The lowest BCUT2D eigenvalue weighted by Crippen LogP contribution is -2.36. The predicted molar refractivity (Wildman–Crippen MR) is 111 cm³/mol. The molecule has 1 fully saturated rings. The van der Waals surface area contributed by atoms with E-state index in [1.165, 1.54) is 15.3 Å². The summed E-state index contributed by atoms with van der Waals surface area (Å²) in [7, 11) is 0. The minimum Gasteiger partial charge on any atom is -0.350 e. The molecule has 0 radical (unpaired) electrons. The topological polar surface area (TPSA) is 58.4 Å². The molecule has 2 aromatic rings. The lowest BCUT2D eigenvalue weighted by atomic mass is 9.89. The molecular weight excluding hydrogens is 366 g/mol. The van der Waals surface area contributed by atoms with Gasteiger partial charge in [0.25, 0.3) is 0 Å². The molecule has 0 spiro atoms. The zero-order valence-electron chi connectivity index (χ0n) is 15.2. The standard InChI is InChI=1S/C20H27N3OS.ClH/c1-2-17-8-9-18(25-17)11-22-20(24)14-23-12-16(10-21)19(13-23)15-6-4-3-5-7-15;/h3-9,16,19H,2,10-14,21H2,1H3,(H,22,24);1H/t16-,19+;/m1./s1.